The molecule has 1 saturated heterocycles. The predicted octanol–water partition coefficient (Wildman–Crippen LogP) is 2.22. The molecule has 24 heavy (non-hydrogen) atoms. The van der Waals surface area contributed by atoms with Crippen molar-refractivity contribution in [2.75, 3.05) is 6.54 Å². The largest absolute Gasteiger partial charge is 0.332 e. The third kappa shape index (κ3) is 2.66. The Morgan fingerprint density at radius 1 is 1.38 bits per heavy atom. The van der Waals surface area contributed by atoms with Gasteiger partial charge in [-0.15, -0.1) is 0 Å². The first-order chi connectivity index (χ1) is 11.7. The lowest BCUT2D eigenvalue weighted by Crippen LogP contribution is -2.31. The SMILES string of the molecule is Cc1nc(C2CCCN2C(=O)CCn2cnc3ccccc32)n[nH]1. The number of likely N-dealkylation sites (tertiary alicyclic amines) is 1. The lowest BCUT2D eigenvalue weighted by Gasteiger charge is -2.22. The molecule has 3 aromatic rings. The molecule has 0 bridgehead atoms. The maximum absolute atomic E-state index is 12.7. The standard InChI is InChI=1S/C17H20N6O/c1-12-19-17(21-20-12)15-7-4-9-23(15)16(24)8-10-22-11-18-13-5-2-3-6-14(13)22/h2-3,5-6,11,15H,4,7-10H2,1H3,(H,19,20,21). The second-order valence-corrected chi connectivity index (χ2v) is 6.20. The molecule has 1 unspecified atom stereocenters. The summed E-state index contributed by atoms with van der Waals surface area (Å²) in [6.45, 7) is 3.29. The van der Waals surface area contributed by atoms with Crippen LogP contribution in [0.2, 0.25) is 0 Å². The van der Waals surface area contributed by atoms with E-state index in [-0.39, 0.29) is 11.9 Å². The number of para-hydroxylation sites is 2. The van der Waals surface area contributed by atoms with Gasteiger partial charge in [-0.1, -0.05) is 12.1 Å². The number of carbonyl (C=O) groups is 1. The number of rotatable bonds is 4. The molecule has 4 rings (SSSR count). The highest BCUT2D eigenvalue weighted by molar-refractivity contribution is 5.78. The highest BCUT2D eigenvalue weighted by Gasteiger charge is 2.32. The van der Waals surface area contributed by atoms with E-state index in [2.05, 4.69) is 20.2 Å². The maximum atomic E-state index is 12.7. The van der Waals surface area contributed by atoms with E-state index < -0.39 is 0 Å². The normalized spacial score (nSPS) is 17.7. The second-order valence-electron chi connectivity index (χ2n) is 6.20. The summed E-state index contributed by atoms with van der Waals surface area (Å²) in [5, 5.41) is 7.10. The third-order valence-corrected chi connectivity index (χ3v) is 4.58. The number of carbonyl (C=O) groups excluding carboxylic acids is 1. The Morgan fingerprint density at radius 2 is 2.25 bits per heavy atom. The fourth-order valence-electron chi connectivity index (χ4n) is 3.39. The molecular formula is C17H20N6O. The molecule has 7 heteroatoms. The average molecular weight is 324 g/mol. The zero-order valence-electron chi connectivity index (χ0n) is 13.6. The Balaban J connectivity index is 1.45. The number of imidazole rings is 1. The van der Waals surface area contributed by atoms with Crippen LogP contribution in [0.15, 0.2) is 30.6 Å². The van der Waals surface area contributed by atoms with Crippen LogP contribution in [0.5, 0.6) is 0 Å². The molecule has 1 aliphatic rings. The molecule has 1 N–H and O–H groups in total. The van der Waals surface area contributed by atoms with Gasteiger partial charge in [-0.2, -0.15) is 5.10 Å². The molecule has 0 aliphatic carbocycles. The van der Waals surface area contributed by atoms with Crippen LogP contribution in [0.25, 0.3) is 11.0 Å². The molecule has 0 spiro atoms. The van der Waals surface area contributed by atoms with E-state index in [9.17, 15) is 4.79 Å². The summed E-state index contributed by atoms with van der Waals surface area (Å²) in [6, 6.07) is 7.97. The van der Waals surface area contributed by atoms with Crippen LogP contribution >= 0.6 is 0 Å². The van der Waals surface area contributed by atoms with Gasteiger partial charge < -0.3 is 9.47 Å². The van der Waals surface area contributed by atoms with Crippen molar-refractivity contribution in [3.63, 3.8) is 0 Å². The first-order valence-corrected chi connectivity index (χ1v) is 8.30. The zero-order chi connectivity index (χ0) is 16.5. The van der Waals surface area contributed by atoms with E-state index in [1.165, 1.54) is 0 Å². The molecular weight excluding hydrogens is 304 g/mol. The molecule has 0 radical (unpaired) electrons. The van der Waals surface area contributed by atoms with E-state index in [1.54, 1.807) is 6.33 Å². The number of H-pyrrole nitrogens is 1. The van der Waals surface area contributed by atoms with Gasteiger partial charge in [0.1, 0.15) is 5.82 Å². The lowest BCUT2D eigenvalue weighted by molar-refractivity contribution is -0.132. The van der Waals surface area contributed by atoms with Gasteiger partial charge in [0.05, 0.1) is 23.4 Å². The number of nitrogens with one attached hydrogen (secondary N) is 1. The Morgan fingerprint density at radius 3 is 3.08 bits per heavy atom. The Bertz CT molecular complexity index is 867. The first kappa shape index (κ1) is 14.9. The van der Waals surface area contributed by atoms with Gasteiger partial charge in [-0.3, -0.25) is 9.89 Å². The van der Waals surface area contributed by atoms with Gasteiger partial charge in [0, 0.05) is 19.5 Å². The minimum atomic E-state index is 0.00183. The maximum Gasteiger partial charge on any atom is 0.224 e. The average Bonchev–Trinajstić information content (AvgIpc) is 3.31. The van der Waals surface area contributed by atoms with Crippen molar-refractivity contribution in [2.24, 2.45) is 0 Å². The molecule has 1 aliphatic heterocycles. The van der Waals surface area contributed by atoms with E-state index in [1.807, 2.05) is 40.7 Å². The number of fused-ring (bicyclic) bond motifs is 1. The monoisotopic (exact) mass is 324 g/mol. The van der Waals surface area contributed by atoms with Crippen molar-refractivity contribution in [1.29, 1.82) is 0 Å². The van der Waals surface area contributed by atoms with E-state index in [4.69, 9.17) is 0 Å². The van der Waals surface area contributed by atoms with Crippen LogP contribution < -0.4 is 0 Å². The molecule has 1 aromatic carbocycles. The minimum absolute atomic E-state index is 0.00183. The number of hydrogen-bond donors (Lipinski definition) is 1. The van der Waals surface area contributed by atoms with Gasteiger partial charge in [-0.05, 0) is 31.9 Å². The fourth-order valence-corrected chi connectivity index (χ4v) is 3.39. The Labute approximate surface area is 139 Å². The van der Waals surface area contributed by atoms with Crippen LogP contribution in [0, 0.1) is 6.92 Å². The summed E-state index contributed by atoms with van der Waals surface area (Å²) in [7, 11) is 0. The highest BCUT2D eigenvalue weighted by Crippen LogP contribution is 2.30. The second kappa shape index (κ2) is 6.07. The van der Waals surface area contributed by atoms with E-state index in [0.717, 1.165) is 42.1 Å². The first-order valence-electron chi connectivity index (χ1n) is 8.30. The van der Waals surface area contributed by atoms with Crippen molar-refractivity contribution < 1.29 is 4.79 Å². The molecule has 124 valence electrons. The predicted molar refractivity (Wildman–Crippen MR) is 89.2 cm³/mol. The summed E-state index contributed by atoms with van der Waals surface area (Å²) in [5.74, 6) is 1.67. The summed E-state index contributed by atoms with van der Waals surface area (Å²) < 4.78 is 2.04. The number of aryl methyl sites for hydroxylation is 2. The number of amides is 1. The zero-order valence-corrected chi connectivity index (χ0v) is 13.6. The van der Waals surface area contributed by atoms with Crippen LogP contribution in [0.3, 0.4) is 0 Å². The smallest absolute Gasteiger partial charge is 0.224 e. The summed E-state index contributed by atoms with van der Waals surface area (Å²) in [6.07, 6.45) is 4.19. The molecule has 3 heterocycles. The Hall–Kier alpha value is -2.70. The van der Waals surface area contributed by atoms with Crippen LogP contribution in [0.4, 0.5) is 0 Å². The highest BCUT2D eigenvalue weighted by atomic mass is 16.2. The van der Waals surface area contributed by atoms with Crippen molar-refractivity contribution >= 4 is 16.9 Å². The summed E-state index contributed by atoms with van der Waals surface area (Å²) >= 11 is 0. The quantitative estimate of drug-likeness (QED) is 0.798. The topological polar surface area (TPSA) is 79.7 Å². The molecule has 1 atom stereocenters. The number of aromatic nitrogens is 5. The molecule has 7 nitrogen and oxygen atoms in total. The molecule has 2 aromatic heterocycles. The Kier molecular flexibility index (Phi) is 3.76. The fraction of sp³-hybridized carbons (Fsp3) is 0.412. The van der Waals surface area contributed by atoms with Gasteiger partial charge in [0.25, 0.3) is 0 Å². The minimum Gasteiger partial charge on any atom is -0.332 e. The van der Waals surface area contributed by atoms with Gasteiger partial charge in [-0.25, -0.2) is 9.97 Å². The number of hydrogen-bond acceptors (Lipinski definition) is 4. The summed E-state index contributed by atoms with van der Waals surface area (Å²) in [5.41, 5.74) is 2.02. The van der Waals surface area contributed by atoms with Crippen molar-refractivity contribution in [3.8, 4) is 0 Å². The lowest BCUT2D eigenvalue weighted by atomic mass is 10.2. The number of nitrogens with zero attached hydrogens (tertiary/aromatic N) is 5. The van der Waals surface area contributed by atoms with Crippen LogP contribution in [-0.2, 0) is 11.3 Å². The van der Waals surface area contributed by atoms with Crippen LogP contribution in [-0.4, -0.2) is 42.1 Å². The van der Waals surface area contributed by atoms with Crippen molar-refractivity contribution in [1.82, 2.24) is 29.6 Å². The van der Waals surface area contributed by atoms with Crippen LogP contribution in [0.1, 0.15) is 37.0 Å². The van der Waals surface area contributed by atoms with Gasteiger partial charge in [0.2, 0.25) is 5.91 Å². The third-order valence-electron chi connectivity index (χ3n) is 4.58. The van der Waals surface area contributed by atoms with Crippen molar-refractivity contribution in [2.45, 2.75) is 38.8 Å². The molecule has 0 saturated carbocycles. The van der Waals surface area contributed by atoms with Gasteiger partial charge in [0.15, 0.2) is 5.82 Å². The molecule has 1 amide bonds. The van der Waals surface area contributed by atoms with Crippen molar-refractivity contribution in [3.05, 3.63) is 42.2 Å². The number of aromatic amines is 1. The number of benzene rings is 1. The van der Waals surface area contributed by atoms with E-state index in [0.29, 0.717) is 13.0 Å². The van der Waals surface area contributed by atoms with E-state index >= 15 is 0 Å². The molecule has 1 fully saturated rings. The summed E-state index contributed by atoms with van der Waals surface area (Å²) in [4.78, 5) is 23.4. The van der Waals surface area contributed by atoms with Gasteiger partial charge >= 0.3 is 0 Å².